The summed E-state index contributed by atoms with van der Waals surface area (Å²) in [6, 6.07) is 12.1. The molecule has 5 heteroatoms. The van der Waals surface area contributed by atoms with Crippen LogP contribution in [0.2, 0.25) is 0 Å². The van der Waals surface area contributed by atoms with Crippen LogP contribution in [0.15, 0.2) is 47.7 Å². The van der Waals surface area contributed by atoms with Crippen molar-refractivity contribution in [1.82, 2.24) is 0 Å². The smallest absolute Gasteiger partial charge is 0.231 e. The molecule has 2 aromatic rings. The lowest BCUT2D eigenvalue weighted by molar-refractivity contribution is -0.116. The summed E-state index contributed by atoms with van der Waals surface area (Å²) in [5.41, 5.74) is 5.06. The van der Waals surface area contributed by atoms with Gasteiger partial charge in [0.25, 0.3) is 0 Å². The molecule has 3 aliphatic rings. The van der Waals surface area contributed by atoms with E-state index in [1.54, 1.807) is 0 Å². The third kappa shape index (κ3) is 2.65. The first-order chi connectivity index (χ1) is 13.2. The van der Waals surface area contributed by atoms with Gasteiger partial charge in [0, 0.05) is 35.4 Å². The fourth-order valence-electron chi connectivity index (χ4n) is 4.22. The van der Waals surface area contributed by atoms with Gasteiger partial charge >= 0.3 is 0 Å². The van der Waals surface area contributed by atoms with Crippen molar-refractivity contribution >= 4 is 11.5 Å². The zero-order valence-electron chi connectivity index (χ0n) is 15.2. The Morgan fingerprint density at radius 3 is 2.67 bits per heavy atom. The molecule has 5 rings (SSSR count). The van der Waals surface area contributed by atoms with Gasteiger partial charge in [-0.15, -0.1) is 0 Å². The zero-order chi connectivity index (χ0) is 18.4. The van der Waals surface area contributed by atoms with Crippen LogP contribution < -0.4 is 19.5 Å². The minimum atomic E-state index is -0.103. The molecule has 1 atom stereocenters. The Bertz CT molecular complexity index is 946. The van der Waals surface area contributed by atoms with Gasteiger partial charge in [-0.25, -0.2) is 0 Å². The van der Waals surface area contributed by atoms with E-state index in [1.807, 2.05) is 31.2 Å². The van der Waals surface area contributed by atoms with Crippen LogP contribution in [0.1, 0.15) is 43.2 Å². The fourth-order valence-corrected chi connectivity index (χ4v) is 4.22. The minimum Gasteiger partial charge on any atom is -0.494 e. The van der Waals surface area contributed by atoms with Crippen LogP contribution in [-0.4, -0.2) is 19.2 Å². The van der Waals surface area contributed by atoms with E-state index in [1.165, 1.54) is 0 Å². The van der Waals surface area contributed by atoms with Gasteiger partial charge < -0.3 is 19.5 Å². The number of anilines is 1. The quantitative estimate of drug-likeness (QED) is 0.877. The predicted molar refractivity (Wildman–Crippen MR) is 102 cm³/mol. The van der Waals surface area contributed by atoms with Crippen molar-refractivity contribution in [1.29, 1.82) is 0 Å². The van der Waals surface area contributed by atoms with Crippen molar-refractivity contribution < 1.29 is 19.0 Å². The monoisotopic (exact) mass is 363 g/mol. The summed E-state index contributed by atoms with van der Waals surface area (Å²) < 4.78 is 16.7. The van der Waals surface area contributed by atoms with Gasteiger partial charge in [0.15, 0.2) is 17.3 Å². The largest absolute Gasteiger partial charge is 0.494 e. The summed E-state index contributed by atoms with van der Waals surface area (Å²) in [4.78, 5) is 12.8. The Morgan fingerprint density at radius 1 is 1.11 bits per heavy atom. The molecule has 1 N–H and O–H groups in total. The number of ether oxygens (including phenoxy) is 3. The topological polar surface area (TPSA) is 56.8 Å². The summed E-state index contributed by atoms with van der Waals surface area (Å²) in [6.45, 7) is 2.84. The van der Waals surface area contributed by atoms with E-state index < -0.39 is 0 Å². The Morgan fingerprint density at radius 2 is 1.89 bits per heavy atom. The first-order valence-corrected chi connectivity index (χ1v) is 9.44. The second-order valence-electron chi connectivity index (χ2n) is 7.02. The number of fused-ring (bicyclic) bond motifs is 2. The maximum absolute atomic E-state index is 12.8. The average Bonchev–Trinajstić information content (AvgIpc) is 3.13. The van der Waals surface area contributed by atoms with Gasteiger partial charge in [0.05, 0.1) is 6.61 Å². The number of Topliss-reactive ketones (excluding diaryl/α,β-unsaturated/α-hetero) is 1. The molecule has 5 nitrogen and oxygen atoms in total. The molecule has 0 unspecified atom stereocenters. The molecule has 0 bridgehead atoms. The Hall–Kier alpha value is -2.95. The number of benzene rings is 2. The van der Waals surface area contributed by atoms with Crippen molar-refractivity contribution in [2.24, 2.45) is 0 Å². The van der Waals surface area contributed by atoms with Crippen LogP contribution in [0.5, 0.6) is 17.2 Å². The van der Waals surface area contributed by atoms with Gasteiger partial charge in [0.2, 0.25) is 6.79 Å². The number of ketones is 1. The lowest BCUT2D eigenvalue weighted by Crippen LogP contribution is -2.26. The molecule has 0 radical (unpaired) electrons. The highest BCUT2D eigenvalue weighted by Crippen LogP contribution is 2.49. The summed E-state index contributed by atoms with van der Waals surface area (Å²) >= 11 is 0. The van der Waals surface area contributed by atoms with E-state index in [9.17, 15) is 4.79 Å². The number of rotatable bonds is 3. The normalized spacial score (nSPS) is 20.0. The van der Waals surface area contributed by atoms with E-state index >= 15 is 0 Å². The van der Waals surface area contributed by atoms with Gasteiger partial charge in [0.1, 0.15) is 5.75 Å². The number of hydrogen-bond donors (Lipinski definition) is 1. The van der Waals surface area contributed by atoms with Crippen molar-refractivity contribution in [2.75, 3.05) is 18.7 Å². The average molecular weight is 363 g/mol. The van der Waals surface area contributed by atoms with Crippen molar-refractivity contribution in [3.05, 3.63) is 58.8 Å². The fraction of sp³-hybridized carbons (Fsp3) is 0.318. The first-order valence-electron chi connectivity index (χ1n) is 9.44. The molecule has 1 aliphatic carbocycles. The highest BCUT2D eigenvalue weighted by atomic mass is 16.7. The summed E-state index contributed by atoms with van der Waals surface area (Å²) in [5, 5.41) is 3.49. The van der Waals surface area contributed by atoms with Gasteiger partial charge in [-0.05, 0) is 49.1 Å². The highest BCUT2D eigenvalue weighted by molar-refractivity contribution is 6.01. The molecule has 0 saturated carbocycles. The number of carbonyl (C=O) groups excluding carboxylic acids is 1. The van der Waals surface area contributed by atoms with Crippen molar-refractivity contribution in [2.45, 2.75) is 32.1 Å². The lowest BCUT2D eigenvalue weighted by Gasteiger charge is -2.34. The molecule has 0 aromatic heterocycles. The van der Waals surface area contributed by atoms with Crippen LogP contribution in [0.3, 0.4) is 0 Å². The van der Waals surface area contributed by atoms with Gasteiger partial charge in [-0.1, -0.05) is 12.1 Å². The number of allylic oxidation sites excluding steroid dienone is 2. The van der Waals surface area contributed by atoms with E-state index in [4.69, 9.17) is 14.2 Å². The summed E-state index contributed by atoms with van der Waals surface area (Å²) in [5.74, 6) is 2.45. The van der Waals surface area contributed by atoms with Crippen molar-refractivity contribution in [3.63, 3.8) is 0 Å². The van der Waals surface area contributed by atoms with Crippen LogP contribution in [0.25, 0.3) is 0 Å². The van der Waals surface area contributed by atoms with Gasteiger partial charge in [-0.2, -0.15) is 0 Å². The first kappa shape index (κ1) is 16.2. The highest BCUT2D eigenvalue weighted by Gasteiger charge is 2.36. The van der Waals surface area contributed by atoms with Crippen LogP contribution in [-0.2, 0) is 4.79 Å². The second-order valence-corrected chi connectivity index (χ2v) is 7.02. The van der Waals surface area contributed by atoms with Crippen LogP contribution in [0, 0.1) is 0 Å². The molecule has 0 spiro atoms. The maximum atomic E-state index is 12.8. The van der Waals surface area contributed by atoms with Crippen molar-refractivity contribution in [3.8, 4) is 17.2 Å². The lowest BCUT2D eigenvalue weighted by atomic mass is 9.75. The Labute approximate surface area is 157 Å². The maximum Gasteiger partial charge on any atom is 0.231 e. The molecule has 27 heavy (non-hydrogen) atoms. The molecule has 0 amide bonds. The minimum absolute atomic E-state index is 0.103. The summed E-state index contributed by atoms with van der Waals surface area (Å²) in [7, 11) is 0. The molecule has 0 saturated heterocycles. The van der Waals surface area contributed by atoms with E-state index in [0.717, 1.165) is 58.2 Å². The standard InChI is InChI=1S/C22H21NO4/c1-2-25-14-8-6-13(7-9-14)21-15-10-19-20(27-12-26-19)11-17(15)23-16-4-3-5-18(24)22(16)21/h6-11,21,23H,2-5,12H2,1H3/t21-/m1/s1. The van der Waals surface area contributed by atoms with E-state index in [2.05, 4.69) is 17.4 Å². The van der Waals surface area contributed by atoms with Crippen LogP contribution in [0.4, 0.5) is 5.69 Å². The predicted octanol–water partition coefficient (Wildman–Crippen LogP) is 4.38. The Balaban J connectivity index is 1.66. The number of hydrogen-bond acceptors (Lipinski definition) is 5. The van der Waals surface area contributed by atoms with E-state index in [-0.39, 0.29) is 18.5 Å². The third-order valence-corrected chi connectivity index (χ3v) is 5.41. The Kier molecular flexibility index (Phi) is 3.81. The van der Waals surface area contributed by atoms with Gasteiger partial charge in [-0.3, -0.25) is 4.79 Å². The molecular formula is C22H21NO4. The van der Waals surface area contributed by atoms with E-state index in [0.29, 0.717) is 13.0 Å². The number of carbonyl (C=O) groups is 1. The molecule has 0 fully saturated rings. The van der Waals surface area contributed by atoms with Crippen LogP contribution >= 0.6 is 0 Å². The SMILES string of the molecule is CCOc1ccc([C@H]2C3=C(CCCC3=O)Nc3cc4c(cc32)OCO4)cc1. The molecular weight excluding hydrogens is 342 g/mol. The second kappa shape index (κ2) is 6.34. The summed E-state index contributed by atoms with van der Waals surface area (Å²) in [6.07, 6.45) is 2.39. The molecule has 2 aliphatic heterocycles. The third-order valence-electron chi connectivity index (χ3n) is 5.41. The molecule has 2 heterocycles. The molecule has 138 valence electrons. The molecule has 2 aromatic carbocycles. The zero-order valence-corrected chi connectivity index (χ0v) is 15.2. The number of nitrogens with one attached hydrogen (secondary N) is 1.